The second kappa shape index (κ2) is 5.03. The lowest BCUT2D eigenvalue weighted by Gasteiger charge is -2.04. The van der Waals surface area contributed by atoms with Crippen molar-refractivity contribution in [2.45, 2.75) is 0 Å². The lowest BCUT2D eigenvalue weighted by molar-refractivity contribution is 0.0691. The van der Waals surface area contributed by atoms with Gasteiger partial charge in [-0.1, -0.05) is 27.5 Å². The number of nitrogens with zero attached hydrogens (tertiary/aromatic N) is 1. The molecule has 0 bridgehead atoms. The maximum atomic E-state index is 10.7. The van der Waals surface area contributed by atoms with Gasteiger partial charge in [-0.05, 0) is 18.2 Å². The minimum Gasteiger partial charge on any atom is -0.476 e. The van der Waals surface area contributed by atoms with Crippen molar-refractivity contribution in [3.05, 3.63) is 38.8 Å². The van der Waals surface area contributed by atoms with E-state index < -0.39 is 5.97 Å². The van der Waals surface area contributed by atoms with Crippen molar-refractivity contribution < 1.29 is 9.90 Å². The van der Waals surface area contributed by atoms with E-state index in [2.05, 4.69) is 26.2 Å². The summed E-state index contributed by atoms with van der Waals surface area (Å²) in [5.74, 6) is -1.05. The summed E-state index contributed by atoms with van der Waals surface area (Å²) < 4.78 is 0.874. The van der Waals surface area contributed by atoms with Crippen LogP contribution >= 0.6 is 38.9 Å². The van der Waals surface area contributed by atoms with Gasteiger partial charge in [-0.3, -0.25) is 0 Å². The summed E-state index contributed by atoms with van der Waals surface area (Å²) in [5, 5.41) is 14.2. The number of anilines is 2. The van der Waals surface area contributed by atoms with Crippen LogP contribution in [0, 0.1) is 0 Å². The Morgan fingerprint density at radius 1 is 1.53 bits per heavy atom. The largest absolute Gasteiger partial charge is 0.476 e. The predicted molar refractivity (Wildman–Crippen MR) is 71.5 cm³/mol. The lowest BCUT2D eigenvalue weighted by Crippen LogP contribution is -1.97. The van der Waals surface area contributed by atoms with Gasteiger partial charge in [-0.15, -0.1) is 11.3 Å². The number of benzene rings is 1. The van der Waals surface area contributed by atoms with Gasteiger partial charge in [-0.25, -0.2) is 9.78 Å². The van der Waals surface area contributed by atoms with Crippen molar-refractivity contribution in [3.8, 4) is 0 Å². The molecular weight excluding hydrogens is 328 g/mol. The summed E-state index contributed by atoms with van der Waals surface area (Å²) in [4.78, 5) is 14.6. The molecule has 88 valence electrons. The van der Waals surface area contributed by atoms with Crippen molar-refractivity contribution in [2.75, 3.05) is 5.32 Å². The molecule has 0 aliphatic carbocycles. The molecule has 0 radical (unpaired) electrons. The van der Waals surface area contributed by atoms with Gasteiger partial charge in [0.05, 0.1) is 10.7 Å². The molecule has 0 fully saturated rings. The SMILES string of the molecule is O=C(O)c1csc(Nc2ccc(Br)cc2Cl)n1. The van der Waals surface area contributed by atoms with Gasteiger partial charge in [0, 0.05) is 9.85 Å². The highest BCUT2D eigenvalue weighted by atomic mass is 79.9. The maximum Gasteiger partial charge on any atom is 0.355 e. The zero-order valence-electron chi connectivity index (χ0n) is 8.28. The van der Waals surface area contributed by atoms with Gasteiger partial charge in [0.2, 0.25) is 0 Å². The normalized spacial score (nSPS) is 10.2. The molecule has 0 aliphatic rings. The number of hydrogen-bond donors (Lipinski definition) is 2. The van der Waals surface area contributed by atoms with Crippen LogP contribution in [0.5, 0.6) is 0 Å². The number of nitrogens with one attached hydrogen (secondary N) is 1. The second-order valence-corrected chi connectivity index (χ2v) is 5.27. The van der Waals surface area contributed by atoms with Crippen LogP contribution in [0.25, 0.3) is 0 Å². The monoisotopic (exact) mass is 332 g/mol. The van der Waals surface area contributed by atoms with E-state index in [0.717, 1.165) is 4.47 Å². The molecule has 1 aromatic carbocycles. The number of aromatic carboxylic acids is 1. The van der Waals surface area contributed by atoms with E-state index in [1.165, 1.54) is 16.7 Å². The third-order valence-corrected chi connectivity index (χ3v) is 3.46. The van der Waals surface area contributed by atoms with Gasteiger partial charge >= 0.3 is 5.97 Å². The fraction of sp³-hybridized carbons (Fsp3) is 0. The van der Waals surface area contributed by atoms with Crippen LogP contribution in [0.1, 0.15) is 10.5 Å². The summed E-state index contributed by atoms with van der Waals surface area (Å²) >= 11 is 10.5. The Hall–Kier alpha value is -1.11. The summed E-state index contributed by atoms with van der Waals surface area (Å²) in [6, 6.07) is 5.36. The Labute approximate surface area is 114 Å². The van der Waals surface area contributed by atoms with E-state index in [0.29, 0.717) is 15.8 Å². The molecule has 2 rings (SSSR count). The Morgan fingerprint density at radius 3 is 2.88 bits per heavy atom. The Bertz CT molecular complexity index is 573. The molecule has 7 heteroatoms. The van der Waals surface area contributed by atoms with Gasteiger partial charge < -0.3 is 10.4 Å². The van der Waals surface area contributed by atoms with Crippen molar-refractivity contribution in [3.63, 3.8) is 0 Å². The maximum absolute atomic E-state index is 10.7. The highest BCUT2D eigenvalue weighted by molar-refractivity contribution is 9.10. The van der Waals surface area contributed by atoms with E-state index in [-0.39, 0.29) is 5.69 Å². The molecule has 0 spiro atoms. The zero-order valence-corrected chi connectivity index (χ0v) is 11.4. The molecule has 0 unspecified atom stereocenters. The topological polar surface area (TPSA) is 62.2 Å². The van der Waals surface area contributed by atoms with Crippen LogP contribution in [-0.2, 0) is 0 Å². The summed E-state index contributed by atoms with van der Waals surface area (Å²) in [7, 11) is 0. The highest BCUT2D eigenvalue weighted by Crippen LogP contribution is 2.29. The number of carbonyl (C=O) groups is 1. The van der Waals surface area contributed by atoms with Crippen LogP contribution in [0.2, 0.25) is 5.02 Å². The lowest BCUT2D eigenvalue weighted by atomic mass is 10.3. The molecular formula is C10H6BrClN2O2S. The minimum atomic E-state index is -1.05. The zero-order chi connectivity index (χ0) is 12.4. The van der Waals surface area contributed by atoms with Crippen molar-refractivity contribution in [1.82, 2.24) is 4.98 Å². The smallest absolute Gasteiger partial charge is 0.355 e. The van der Waals surface area contributed by atoms with Gasteiger partial charge in [-0.2, -0.15) is 0 Å². The van der Waals surface area contributed by atoms with E-state index >= 15 is 0 Å². The summed E-state index contributed by atoms with van der Waals surface area (Å²) in [5.41, 5.74) is 0.701. The highest BCUT2D eigenvalue weighted by Gasteiger charge is 2.09. The average Bonchev–Trinajstić information content (AvgIpc) is 2.71. The van der Waals surface area contributed by atoms with E-state index in [1.54, 1.807) is 12.1 Å². The van der Waals surface area contributed by atoms with Crippen molar-refractivity contribution in [1.29, 1.82) is 0 Å². The third kappa shape index (κ3) is 2.96. The average molecular weight is 334 g/mol. The number of aromatic nitrogens is 1. The van der Waals surface area contributed by atoms with Crippen LogP contribution in [-0.4, -0.2) is 16.1 Å². The van der Waals surface area contributed by atoms with Gasteiger partial charge in [0.15, 0.2) is 10.8 Å². The molecule has 17 heavy (non-hydrogen) atoms. The number of halogens is 2. The first kappa shape index (κ1) is 12.3. The van der Waals surface area contributed by atoms with Crippen LogP contribution in [0.4, 0.5) is 10.8 Å². The third-order valence-electron chi connectivity index (χ3n) is 1.90. The Morgan fingerprint density at radius 2 is 2.29 bits per heavy atom. The molecule has 2 aromatic rings. The fourth-order valence-electron chi connectivity index (χ4n) is 1.14. The number of carboxylic acid groups (broad SMARTS) is 1. The van der Waals surface area contributed by atoms with E-state index in [9.17, 15) is 4.79 Å². The molecule has 0 atom stereocenters. The quantitative estimate of drug-likeness (QED) is 0.891. The summed E-state index contributed by atoms with van der Waals surface area (Å²) in [6.45, 7) is 0. The Kier molecular flexibility index (Phi) is 3.66. The van der Waals surface area contributed by atoms with Crippen LogP contribution in [0.3, 0.4) is 0 Å². The van der Waals surface area contributed by atoms with Gasteiger partial charge in [0.25, 0.3) is 0 Å². The van der Waals surface area contributed by atoms with E-state index in [1.807, 2.05) is 6.07 Å². The molecule has 0 aliphatic heterocycles. The predicted octanol–water partition coefficient (Wildman–Crippen LogP) is 4.00. The first-order chi connectivity index (χ1) is 8.06. The van der Waals surface area contributed by atoms with Crippen molar-refractivity contribution >= 4 is 55.7 Å². The number of rotatable bonds is 3. The fourth-order valence-corrected chi connectivity index (χ4v) is 2.55. The number of thiazole rings is 1. The van der Waals surface area contributed by atoms with Crippen molar-refractivity contribution in [2.24, 2.45) is 0 Å². The number of carboxylic acids is 1. The molecule has 2 N–H and O–H groups in total. The van der Waals surface area contributed by atoms with Crippen LogP contribution in [0.15, 0.2) is 28.1 Å². The molecule has 1 aromatic heterocycles. The molecule has 0 saturated carbocycles. The molecule has 4 nitrogen and oxygen atoms in total. The van der Waals surface area contributed by atoms with E-state index in [4.69, 9.17) is 16.7 Å². The standard InChI is InChI=1S/C10H6BrClN2O2S/c11-5-1-2-7(6(12)3-5)13-10-14-8(4-17-10)9(15)16/h1-4H,(H,13,14)(H,15,16). The first-order valence-corrected chi connectivity index (χ1v) is 6.52. The molecule has 0 amide bonds. The minimum absolute atomic E-state index is 0.0192. The summed E-state index contributed by atoms with van der Waals surface area (Å²) in [6.07, 6.45) is 0. The Balaban J connectivity index is 2.22. The molecule has 1 heterocycles. The van der Waals surface area contributed by atoms with Crippen LogP contribution < -0.4 is 5.32 Å². The number of hydrogen-bond acceptors (Lipinski definition) is 4. The molecule has 0 saturated heterocycles. The first-order valence-electron chi connectivity index (χ1n) is 4.47. The second-order valence-electron chi connectivity index (χ2n) is 3.09. The van der Waals surface area contributed by atoms with Gasteiger partial charge in [0.1, 0.15) is 0 Å².